The van der Waals surface area contributed by atoms with Gasteiger partial charge in [-0.05, 0) is 37.8 Å². The van der Waals surface area contributed by atoms with Gasteiger partial charge in [0.25, 0.3) is 0 Å². The highest BCUT2D eigenvalue weighted by Gasteiger charge is 2.19. The van der Waals surface area contributed by atoms with E-state index in [0.717, 1.165) is 49.4 Å². The van der Waals surface area contributed by atoms with Crippen molar-refractivity contribution in [2.45, 2.75) is 38.3 Å². The summed E-state index contributed by atoms with van der Waals surface area (Å²) in [6.45, 7) is 1.70. The summed E-state index contributed by atoms with van der Waals surface area (Å²) in [5.74, 6) is 2.14. The monoisotopic (exact) mass is 279 g/mol. The van der Waals surface area contributed by atoms with E-state index < -0.39 is 0 Å². The van der Waals surface area contributed by atoms with Crippen LogP contribution in [0.5, 0.6) is 11.5 Å². The van der Waals surface area contributed by atoms with Gasteiger partial charge >= 0.3 is 0 Å². The normalized spacial score (nSPS) is 22.6. The molecule has 4 nitrogen and oxygen atoms in total. The summed E-state index contributed by atoms with van der Waals surface area (Å²) in [7, 11) is 3.32. The molecule has 0 heterocycles. The van der Waals surface area contributed by atoms with Crippen LogP contribution in [0.15, 0.2) is 18.2 Å². The van der Waals surface area contributed by atoms with Crippen LogP contribution in [0.2, 0.25) is 0 Å². The lowest BCUT2D eigenvalue weighted by Gasteiger charge is -2.26. The maximum atomic E-state index is 9.68. The molecule has 20 heavy (non-hydrogen) atoms. The number of aliphatic hydroxyl groups is 1. The van der Waals surface area contributed by atoms with Gasteiger partial charge in [0.05, 0.1) is 20.3 Å². The van der Waals surface area contributed by atoms with E-state index >= 15 is 0 Å². The van der Waals surface area contributed by atoms with Crippen molar-refractivity contribution in [2.24, 2.45) is 5.92 Å². The molecule has 0 spiro atoms. The van der Waals surface area contributed by atoms with Crippen molar-refractivity contribution in [3.8, 4) is 11.5 Å². The average Bonchev–Trinajstić information content (AvgIpc) is 2.47. The highest BCUT2D eigenvalue weighted by atomic mass is 16.5. The van der Waals surface area contributed by atoms with Crippen LogP contribution in [0.4, 0.5) is 0 Å². The van der Waals surface area contributed by atoms with Crippen LogP contribution in [0, 0.1) is 5.92 Å². The van der Waals surface area contributed by atoms with Crippen molar-refractivity contribution in [3.05, 3.63) is 23.8 Å². The van der Waals surface area contributed by atoms with Gasteiger partial charge in [0, 0.05) is 12.1 Å². The maximum absolute atomic E-state index is 9.68. The zero-order valence-corrected chi connectivity index (χ0v) is 12.4. The minimum absolute atomic E-state index is 0.109. The van der Waals surface area contributed by atoms with Crippen LogP contribution in [0.3, 0.4) is 0 Å². The molecular weight excluding hydrogens is 254 g/mol. The third-order valence-corrected chi connectivity index (χ3v) is 3.99. The van der Waals surface area contributed by atoms with E-state index in [1.165, 1.54) is 6.42 Å². The Bertz CT molecular complexity index is 422. The highest BCUT2D eigenvalue weighted by Crippen LogP contribution is 2.30. The largest absolute Gasteiger partial charge is 0.493 e. The summed E-state index contributed by atoms with van der Waals surface area (Å²) in [5, 5.41) is 13.2. The summed E-state index contributed by atoms with van der Waals surface area (Å²) in [6.07, 6.45) is 4.11. The summed E-state index contributed by atoms with van der Waals surface area (Å²) in [4.78, 5) is 0. The minimum Gasteiger partial charge on any atom is -0.493 e. The van der Waals surface area contributed by atoms with Crippen LogP contribution < -0.4 is 14.8 Å². The topological polar surface area (TPSA) is 50.7 Å². The van der Waals surface area contributed by atoms with Gasteiger partial charge in [0.2, 0.25) is 0 Å². The van der Waals surface area contributed by atoms with Crippen molar-refractivity contribution in [3.63, 3.8) is 0 Å². The van der Waals surface area contributed by atoms with Gasteiger partial charge in [-0.15, -0.1) is 0 Å². The van der Waals surface area contributed by atoms with Crippen LogP contribution in [0.1, 0.15) is 31.2 Å². The Morgan fingerprint density at radius 2 is 2.10 bits per heavy atom. The lowest BCUT2D eigenvalue weighted by Crippen LogP contribution is -2.29. The first-order valence-corrected chi connectivity index (χ1v) is 7.33. The molecule has 2 N–H and O–H groups in total. The third kappa shape index (κ3) is 3.87. The lowest BCUT2D eigenvalue weighted by atomic mass is 9.87. The zero-order chi connectivity index (χ0) is 14.4. The molecule has 0 saturated heterocycles. The van der Waals surface area contributed by atoms with Gasteiger partial charge < -0.3 is 19.9 Å². The van der Waals surface area contributed by atoms with Gasteiger partial charge in [-0.3, -0.25) is 0 Å². The van der Waals surface area contributed by atoms with E-state index in [0.29, 0.717) is 5.92 Å². The van der Waals surface area contributed by atoms with Crippen LogP contribution in [0.25, 0.3) is 0 Å². The Morgan fingerprint density at radius 1 is 1.25 bits per heavy atom. The Labute approximate surface area is 121 Å². The van der Waals surface area contributed by atoms with Gasteiger partial charge in [0.15, 0.2) is 11.5 Å². The van der Waals surface area contributed by atoms with Crippen LogP contribution >= 0.6 is 0 Å². The molecule has 0 radical (unpaired) electrons. The number of hydrogen-bond donors (Lipinski definition) is 2. The number of nitrogens with one attached hydrogen (secondary N) is 1. The molecule has 4 heteroatoms. The van der Waals surface area contributed by atoms with E-state index in [-0.39, 0.29) is 6.10 Å². The first-order chi connectivity index (χ1) is 9.74. The minimum atomic E-state index is -0.109. The average molecular weight is 279 g/mol. The maximum Gasteiger partial charge on any atom is 0.165 e. The fraction of sp³-hybridized carbons (Fsp3) is 0.625. The van der Waals surface area contributed by atoms with E-state index in [4.69, 9.17) is 9.47 Å². The number of rotatable bonds is 6. The number of aliphatic hydroxyl groups excluding tert-OH is 1. The Kier molecular flexibility index (Phi) is 5.68. The van der Waals surface area contributed by atoms with Crippen molar-refractivity contribution in [1.82, 2.24) is 5.32 Å². The summed E-state index contributed by atoms with van der Waals surface area (Å²) < 4.78 is 10.7. The highest BCUT2D eigenvalue weighted by molar-refractivity contribution is 5.46. The molecule has 1 aliphatic rings. The number of ether oxygens (including phenoxy) is 2. The molecule has 0 amide bonds. The molecule has 112 valence electrons. The van der Waals surface area contributed by atoms with E-state index in [1.807, 2.05) is 18.2 Å². The van der Waals surface area contributed by atoms with E-state index in [2.05, 4.69) is 5.32 Å². The van der Waals surface area contributed by atoms with Crippen LogP contribution in [-0.2, 0) is 6.54 Å². The molecule has 2 rings (SSSR count). The molecule has 0 aromatic heterocycles. The number of para-hydroxylation sites is 1. The second kappa shape index (κ2) is 7.50. The van der Waals surface area contributed by atoms with Crippen molar-refractivity contribution < 1.29 is 14.6 Å². The first kappa shape index (κ1) is 15.1. The summed E-state index contributed by atoms with van der Waals surface area (Å²) >= 11 is 0. The molecule has 1 saturated carbocycles. The SMILES string of the molecule is COc1cccc(CNCC2CCCC(O)C2)c1OC. The molecule has 1 fully saturated rings. The van der Waals surface area contributed by atoms with Gasteiger partial charge in [-0.2, -0.15) is 0 Å². The third-order valence-electron chi connectivity index (χ3n) is 3.99. The molecule has 1 aromatic rings. The van der Waals surface area contributed by atoms with Gasteiger partial charge in [-0.1, -0.05) is 18.6 Å². The zero-order valence-electron chi connectivity index (χ0n) is 12.4. The summed E-state index contributed by atoms with van der Waals surface area (Å²) in [5.41, 5.74) is 1.10. The smallest absolute Gasteiger partial charge is 0.165 e. The predicted molar refractivity (Wildman–Crippen MR) is 79.2 cm³/mol. The molecule has 2 unspecified atom stereocenters. The van der Waals surface area contributed by atoms with Crippen molar-refractivity contribution >= 4 is 0 Å². The van der Waals surface area contributed by atoms with Gasteiger partial charge in [0.1, 0.15) is 0 Å². The molecule has 0 bridgehead atoms. The molecular formula is C16H25NO3. The standard InChI is InChI=1S/C16H25NO3/c1-19-15-8-4-6-13(16(15)20-2)11-17-10-12-5-3-7-14(18)9-12/h4,6,8,12,14,17-18H,3,5,7,9-11H2,1-2H3. The second-order valence-corrected chi connectivity index (χ2v) is 5.47. The van der Waals surface area contributed by atoms with E-state index in [1.54, 1.807) is 14.2 Å². The van der Waals surface area contributed by atoms with E-state index in [9.17, 15) is 5.11 Å². The predicted octanol–water partition coefficient (Wildman–Crippen LogP) is 2.34. The molecule has 2 atom stereocenters. The second-order valence-electron chi connectivity index (χ2n) is 5.47. The number of methoxy groups -OCH3 is 2. The van der Waals surface area contributed by atoms with Gasteiger partial charge in [-0.25, -0.2) is 0 Å². The Hall–Kier alpha value is -1.26. The fourth-order valence-corrected chi connectivity index (χ4v) is 2.95. The quantitative estimate of drug-likeness (QED) is 0.839. The molecule has 1 aliphatic carbocycles. The van der Waals surface area contributed by atoms with Crippen molar-refractivity contribution in [1.29, 1.82) is 0 Å². The fourth-order valence-electron chi connectivity index (χ4n) is 2.95. The molecule has 0 aliphatic heterocycles. The lowest BCUT2D eigenvalue weighted by molar-refractivity contribution is 0.101. The Balaban J connectivity index is 1.87. The first-order valence-electron chi connectivity index (χ1n) is 7.33. The summed E-state index contributed by atoms with van der Waals surface area (Å²) in [6, 6.07) is 5.92. The number of benzene rings is 1. The van der Waals surface area contributed by atoms with Crippen molar-refractivity contribution in [2.75, 3.05) is 20.8 Å². The molecule has 1 aromatic carbocycles. The van der Waals surface area contributed by atoms with Crippen LogP contribution in [-0.4, -0.2) is 32.0 Å². The Morgan fingerprint density at radius 3 is 2.80 bits per heavy atom. The number of hydrogen-bond acceptors (Lipinski definition) is 4.